The predicted octanol–water partition coefficient (Wildman–Crippen LogP) is 3.18. The molecule has 3 heteroatoms. The van der Waals surface area contributed by atoms with E-state index in [0.29, 0.717) is 0 Å². The van der Waals surface area contributed by atoms with E-state index in [9.17, 15) is 0 Å². The summed E-state index contributed by atoms with van der Waals surface area (Å²) >= 11 is 7.34. The van der Waals surface area contributed by atoms with E-state index in [2.05, 4.69) is 4.72 Å². The highest BCUT2D eigenvalue weighted by Gasteiger charge is 1.87. The summed E-state index contributed by atoms with van der Waals surface area (Å²) in [6, 6.07) is 7.74. The van der Waals surface area contributed by atoms with Gasteiger partial charge >= 0.3 is 0 Å². The molecule has 1 N–H and O–H groups in total. The number of nitrogens with one attached hydrogen (secondary N) is 1. The van der Waals surface area contributed by atoms with Crippen LogP contribution < -0.4 is 4.72 Å². The molecule has 0 heterocycles. The van der Waals surface area contributed by atoms with Gasteiger partial charge in [-0.3, -0.25) is 4.72 Å². The largest absolute Gasteiger partial charge is 0.263 e. The molecule has 0 aromatic heterocycles. The lowest BCUT2D eigenvalue weighted by atomic mass is 10.2. The predicted molar refractivity (Wildman–Crippen MR) is 57.1 cm³/mol. The van der Waals surface area contributed by atoms with Gasteiger partial charge in [0.05, 0.1) is 0 Å². The third-order valence-corrected chi connectivity index (χ3v) is 2.04. The summed E-state index contributed by atoms with van der Waals surface area (Å²) in [5, 5.41) is 2.75. The Labute approximate surface area is 81.9 Å². The van der Waals surface area contributed by atoms with Gasteiger partial charge in [0.1, 0.15) is 0 Å². The van der Waals surface area contributed by atoms with Crippen LogP contribution in [-0.2, 0) is 0 Å². The minimum atomic E-state index is 0.770. The number of hydrogen-bond acceptors (Lipinski definition) is 2. The van der Waals surface area contributed by atoms with Gasteiger partial charge < -0.3 is 0 Å². The zero-order chi connectivity index (χ0) is 8.81. The smallest absolute Gasteiger partial charge is 0.0411 e. The van der Waals surface area contributed by atoms with Gasteiger partial charge in [-0.1, -0.05) is 35.7 Å². The summed E-state index contributed by atoms with van der Waals surface area (Å²) in [6.45, 7) is 0. The summed E-state index contributed by atoms with van der Waals surface area (Å²) < 4.78 is 2.95. The minimum absolute atomic E-state index is 0.770. The standard InChI is InChI=1S/C9H10ClNS/c1-11-12-6-5-8-3-2-4-9(10)7-8/h2-7,11H,1H3/b6-5+. The van der Waals surface area contributed by atoms with Crippen LogP contribution in [0.1, 0.15) is 5.56 Å². The van der Waals surface area contributed by atoms with E-state index in [4.69, 9.17) is 11.6 Å². The molecule has 12 heavy (non-hydrogen) atoms. The van der Waals surface area contributed by atoms with Crippen molar-refractivity contribution in [3.05, 3.63) is 40.3 Å². The summed E-state index contributed by atoms with van der Waals surface area (Å²) in [7, 11) is 1.88. The molecule has 1 aromatic carbocycles. The lowest BCUT2D eigenvalue weighted by Gasteiger charge is -1.93. The highest BCUT2D eigenvalue weighted by atomic mass is 35.5. The van der Waals surface area contributed by atoms with Crippen molar-refractivity contribution >= 4 is 29.6 Å². The van der Waals surface area contributed by atoms with E-state index in [1.54, 1.807) is 0 Å². The van der Waals surface area contributed by atoms with Crippen LogP contribution in [-0.4, -0.2) is 7.05 Å². The molecule has 64 valence electrons. The van der Waals surface area contributed by atoms with Gasteiger partial charge in [-0.05, 0) is 36.2 Å². The normalized spacial score (nSPS) is 10.8. The van der Waals surface area contributed by atoms with Crippen molar-refractivity contribution in [1.82, 2.24) is 4.72 Å². The first-order chi connectivity index (χ1) is 5.83. The topological polar surface area (TPSA) is 12.0 Å². The quantitative estimate of drug-likeness (QED) is 0.751. The Morgan fingerprint density at radius 3 is 3.00 bits per heavy atom. The van der Waals surface area contributed by atoms with Crippen molar-refractivity contribution in [1.29, 1.82) is 0 Å². The van der Waals surface area contributed by atoms with E-state index >= 15 is 0 Å². The second-order valence-electron chi connectivity index (χ2n) is 2.18. The van der Waals surface area contributed by atoms with Gasteiger partial charge in [0, 0.05) is 5.02 Å². The van der Waals surface area contributed by atoms with Crippen LogP contribution in [0.2, 0.25) is 5.02 Å². The van der Waals surface area contributed by atoms with Gasteiger partial charge in [0.2, 0.25) is 0 Å². The highest BCUT2D eigenvalue weighted by Crippen LogP contribution is 2.12. The molecule has 0 aliphatic carbocycles. The number of hydrogen-bond donors (Lipinski definition) is 1. The Morgan fingerprint density at radius 1 is 1.50 bits per heavy atom. The summed E-state index contributed by atoms with van der Waals surface area (Å²) in [5.41, 5.74) is 1.12. The van der Waals surface area contributed by atoms with Gasteiger partial charge in [-0.25, -0.2) is 0 Å². The van der Waals surface area contributed by atoms with Crippen LogP contribution in [0.15, 0.2) is 29.7 Å². The van der Waals surface area contributed by atoms with Crippen LogP contribution in [0.3, 0.4) is 0 Å². The van der Waals surface area contributed by atoms with E-state index < -0.39 is 0 Å². The maximum atomic E-state index is 5.80. The van der Waals surface area contributed by atoms with E-state index in [0.717, 1.165) is 10.6 Å². The first-order valence-electron chi connectivity index (χ1n) is 3.57. The molecule has 0 unspecified atom stereocenters. The molecule has 1 nitrogen and oxygen atoms in total. The monoisotopic (exact) mass is 199 g/mol. The Bertz CT molecular complexity index is 273. The van der Waals surface area contributed by atoms with Crippen LogP contribution in [0.4, 0.5) is 0 Å². The second-order valence-corrected chi connectivity index (χ2v) is 3.53. The van der Waals surface area contributed by atoms with Gasteiger partial charge in [0.15, 0.2) is 0 Å². The molecule has 1 aromatic rings. The number of rotatable bonds is 3. The van der Waals surface area contributed by atoms with E-state index in [1.807, 2.05) is 42.8 Å². The average molecular weight is 200 g/mol. The number of benzene rings is 1. The highest BCUT2D eigenvalue weighted by molar-refractivity contribution is 8.00. The molecule has 0 amide bonds. The number of halogens is 1. The minimum Gasteiger partial charge on any atom is -0.263 e. The molecular weight excluding hydrogens is 190 g/mol. The molecule has 0 spiro atoms. The third-order valence-electron chi connectivity index (χ3n) is 1.30. The molecule has 0 saturated heterocycles. The fraction of sp³-hybridized carbons (Fsp3) is 0.111. The molecule has 0 aliphatic rings. The molecule has 0 radical (unpaired) electrons. The molecule has 0 saturated carbocycles. The van der Waals surface area contributed by atoms with Gasteiger partial charge in [-0.15, -0.1) is 0 Å². The first kappa shape index (κ1) is 9.65. The van der Waals surface area contributed by atoms with E-state index in [-0.39, 0.29) is 0 Å². The van der Waals surface area contributed by atoms with Crippen molar-refractivity contribution in [2.24, 2.45) is 0 Å². The zero-order valence-corrected chi connectivity index (χ0v) is 8.32. The maximum Gasteiger partial charge on any atom is 0.0411 e. The van der Waals surface area contributed by atoms with Crippen LogP contribution >= 0.6 is 23.5 Å². The average Bonchev–Trinajstić information content (AvgIpc) is 2.05. The Hall–Kier alpha value is -0.440. The Kier molecular flexibility index (Phi) is 4.22. The second kappa shape index (κ2) is 5.25. The molecule has 0 atom stereocenters. The summed E-state index contributed by atoms with van der Waals surface area (Å²) in [4.78, 5) is 0. The molecule has 0 bridgehead atoms. The molecule has 0 fully saturated rings. The lowest BCUT2D eigenvalue weighted by Crippen LogP contribution is -1.85. The lowest BCUT2D eigenvalue weighted by molar-refractivity contribution is 1.31. The van der Waals surface area contributed by atoms with Gasteiger partial charge in [0.25, 0.3) is 0 Å². The summed E-state index contributed by atoms with van der Waals surface area (Å²) in [5.74, 6) is 0. The van der Waals surface area contributed by atoms with Gasteiger partial charge in [-0.2, -0.15) is 0 Å². The SMILES string of the molecule is CNS/C=C/c1cccc(Cl)c1. The maximum absolute atomic E-state index is 5.80. The molecule has 0 aliphatic heterocycles. The van der Waals surface area contributed by atoms with Crippen LogP contribution in [0, 0.1) is 0 Å². The fourth-order valence-corrected chi connectivity index (χ4v) is 1.35. The molecule has 1 rings (SSSR count). The van der Waals surface area contributed by atoms with Crippen molar-refractivity contribution in [3.63, 3.8) is 0 Å². The Morgan fingerprint density at radius 2 is 2.33 bits per heavy atom. The Balaban J connectivity index is 2.63. The van der Waals surface area contributed by atoms with Crippen LogP contribution in [0.5, 0.6) is 0 Å². The third kappa shape index (κ3) is 3.30. The van der Waals surface area contributed by atoms with Crippen molar-refractivity contribution in [2.45, 2.75) is 0 Å². The van der Waals surface area contributed by atoms with Crippen molar-refractivity contribution in [2.75, 3.05) is 7.05 Å². The molecular formula is C9H10ClNS. The zero-order valence-electron chi connectivity index (χ0n) is 6.75. The van der Waals surface area contributed by atoms with Crippen molar-refractivity contribution < 1.29 is 0 Å². The summed E-state index contributed by atoms with van der Waals surface area (Å²) in [6.07, 6.45) is 2.01. The van der Waals surface area contributed by atoms with Crippen molar-refractivity contribution in [3.8, 4) is 0 Å². The fourth-order valence-electron chi connectivity index (χ4n) is 0.791. The van der Waals surface area contributed by atoms with Crippen LogP contribution in [0.25, 0.3) is 6.08 Å². The first-order valence-corrected chi connectivity index (χ1v) is 4.83. The van der Waals surface area contributed by atoms with E-state index in [1.165, 1.54) is 11.9 Å².